The molecule has 186 valence electrons. The topological polar surface area (TPSA) is 0 Å². The average Bonchev–Trinajstić information content (AvgIpc) is 3.03. The van der Waals surface area contributed by atoms with Crippen molar-refractivity contribution in [3.05, 3.63) is 158 Å². The standard InChI is InChI=1S/C40H26/c1-2-9-29-23-32(16-15-27(29)7-1)34-20-19-33-24-31(17-18-35(33)25-34)30-10-5-11-36(26-30)38-13-6-14-39-37-12-4-3-8-28(37)21-22-40(38)39/h1-26H. The monoisotopic (exact) mass is 506 g/mol. The summed E-state index contributed by atoms with van der Waals surface area (Å²) in [7, 11) is 0. The van der Waals surface area contributed by atoms with Gasteiger partial charge in [0.1, 0.15) is 0 Å². The third-order valence-electron chi connectivity index (χ3n) is 8.22. The third-order valence-corrected chi connectivity index (χ3v) is 8.22. The first-order valence-corrected chi connectivity index (χ1v) is 13.8. The van der Waals surface area contributed by atoms with Crippen LogP contribution in [0.5, 0.6) is 0 Å². The van der Waals surface area contributed by atoms with E-state index >= 15 is 0 Å². The van der Waals surface area contributed by atoms with Gasteiger partial charge in [-0.05, 0) is 101 Å². The fourth-order valence-electron chi connectivity index (χ4n) is 6.13. The molecule has 0 heterocycles. The third kappa shape index (κ3) is 3.85. The number of fused-ring (bicyclic) bond motifs is 5. The molecule has 0 aliphatic carbocycles. The summed E-state index contributed by atoms with van der Waals surface area (Å²) < 4.78 is 0. The van der Waals surface area contributed by atoms with Gasteiger partial charge in [-0.2, -0.15) is 0 Å². The van der Waals surface area contributed by atoms with Crippen molar-refractivity contribution in [3.63, 3.8) is 0 Å². The predicted molar refractivity (Wildman–Crippen MR) is 173 cm³/mol. The molecule has 0 radical (unpaired) electrons. The SMILES string of the molecule is c1cc(-c2ccc3cc(-c4ccc5ccccc5c4)ccc3c2)cc(-c2cccc3c2ccc2ccccc23)c1. The lowest BCUT2D eigenvalue weighted by Crippen LogP contribution is -1.85. The largest absolute Gasteiger partial charge is 0.0616 e. The van der Waals surface area contributed by atoms with E-state index in [1.54, 1.807) is 0 Å². The maximum Gasteiger partial charge on any atom is -0.00990 e. The molecule has 8 aromatic carbocycles. The van der Waals surface area contributed by atoms with Crippen LogP contribution in [0.1, 0.15) is 0 Å². The van der Waals surface area contributed by atoms with E-state index in [0.29, 0.717) is 0 Å². The van der Waals surface area contributed by atoms with E-state index in [4.69, 9.17) is 0 Å². The summed E-state index contributed by atoms with van der Waals surface area (Å²) in [5.41, 5.74) is 7.47. The van der Waals surface area contributed by atoms with Crippen LogP contribution in [-0.4, -0.2) is 0 Å². The minimum absolute atomic E-state index is 1.23. The van der Waals surface area contributed by atoms with Crippen LogP contribution in [0.15, 0.2) is 158 Å². The lowest BCUT2D eigenvalue weighted by molar-refractivity contribution is 1.62. The molecule has 0 bridgehead atoms. The van der Waals surface area contributed by atoms with Gasteiger partial charge in [0.2, 0.25) is 0 Å². The first-order chi connectivity index (χ1) is 19.8. The highest BCUT2D eigenvalue weighted by Gasteiger charge is 2.09. The summed E-state index contributed by atoms with van der Waals surface area (Å²) in [6.45, 7) is 0. The summed E-state index contributed by atoms with van der Waals surface area (Å²) in [6.07, 6.45) is 0. The highest BCUT2D eigenvalue weighted by atomic mass is 14.1. The molecular weight excluding hydrogens is 480 g/mol. The Morgan fingerprint density at radius 1 is 0.225 bits per heavy atom. The van der Waals surface area contributed by atoms with E-state index in [-0.39, 0.29) is 0 Å². The molecule has 0 spiro atoms. The zero-order valence-corrected chi connectivity index (χ0v) is 22.0. The number of rotatable bonds is 3. The first kappa shape index (κ1) is 22.8. The van der Waals surface area contributed by atoms with Crippen molar-refractivity contribution in [3.8, 4) is 33.4 Å². The highest BCUT2D eigenvalue weighted by Crippen LogP contribution is 2.36. The number of hydrogen-bond donors (Lipinski definition) is 0. The Morgan fingerprint density at radius 2 is 0.725 bits per heavy atom. The fraction of sp³-hybridized carbons (Fsp3) is 0. The van der Waals surface area contributed by atoms with E-state index in [1.165, 1.54) is 76.5 Å². The second-order valence-corrected chi connectivity index (χ2v) is 10.6. The molecular formula is C40H26. The quantitative estimate of drug-likeness (QED) is 0.209. The lowest BCUT2D eigenvalue weighted by Gasteiger charge is -2.12. The molecule has 0 aromatic heterocycles. The van der Waals surface area contributed by atoms with Gasteiger partial charge in [0, 0.05) is 0 Å². The van der Waals surface area contributed by atoms with Crippen molar-refractivity contribution in [2.24, 2.45) is 0 Å². The molecule has 0 N–H and O–H groups in total. The van der Waals surface area contributed by atoms with Crippen molar-refractivity contribution in [2.75, 3.05) is 0 Å². The van der Waals surface area contributed by atoms with Gasteiger partial charge in [0.15, 0.2) is 0 Å². The van der Waals surface area contributed by atoms with Crippen LogP contribution in [0.3, 0.4) is 0 Å². The summed E-state index contributed by atoms with van der Waals surface area (Å²) in [4.78, 5) is 0. The van der Waals surface area contributed by atoms with Crippen LogP contribution in [0.25, 0.3) is 76.5 Å². The van der Waals surface area contributed by atoms with E-state index in [1.807, 2.05) is 0 Å². The fourth-order valence-corrected chi connectivity index (χ4v) is 6.13. The minimum atomic E-state index is 1.23. The molecule has 0 heteroatoms. The van der Waals surface area contributed by atoms with Gasteiger partial charge in [-0.25, -0.2) is 0 Å². The molecule has 8 aromatic rings. The molecule has 8 rings (SSSR count). The Kier molecular flexibility index (Phi) is 5.24. The molecule has 0 saturated carbocycles. The normalized spacial score (nSPS) is 11.5. The highest BCUT2D eigenvalue weighted by molar-refractivity contribution is 6.12. The van der Waals surface area contributed by atoms with Crippen LogP contribution in [-0.2, 0) is 0 Å². The Hall–Kier alpha value is -5.20. The molecule has 40 heavy (non-hydrogen) atoms. The molecule has 0 fully saturated rings. The maximum atomic E-state index is 2.33. The van der Waals surface area contributed by atoms with Crippen LogP contribution in [0, 0.1) is 0 Å². The van der Waals surface area contributed by atoms with E-state index in [2.05, 4.69) is 158 Å². The Labute approximate surface area is 233 Å². The van der Waals surface area contributed by atoms with E-state index in [9.17, 15) is 0 Å². The van der Waals surface area contributed by atoms with Crippen molar-refractivity contribution in [1.82, 2.24) is 0 Å². The second kappa shape index (κ2) is 9.22. The van der Waals surface area contributed by atoms with Gasteiger partial charge < -0.3 is 0 Å². The zero-order valence-electron chi connectivity index (χ0n) is 22.0. The smallest absolute Gasteiger partial charge is 0.00990 e. The van der Waals surface area contributed by atoms with Crippen molar-refractivity contribution >= 4 is 43.1 Å². The summed E-state index contributed by atoms with van der Waals surface area (Å²) >= 11 is 0. The Balaban J connectivity index is 1.18. The van der Waals surface area contributed by atoms with E-state index < -0.39 is 0 Å². The molecule has 0 saturated heterocycles. The van der Waals surface area contributed by atoms with Gasteiger partial charge in [0.25, 0.3) is 0 Å². The van der Waals surface area contributed by atoms with Crippen molar-refractivity contribution in [1.29, 1.82) is 0 Å². The summed E-state index contributed by atoms with van der Waals surface area (Å²) in [5, 5.41) is 10.2. The van der Waals surface area contributed by atoms with Gasteiger partial charge in [-0.15, -0.1) is 0 Å². The average molecular weight is 507 g/mol. The molecule has 0 unspecified atom stereocenters. The van der Waals surface area contributed by atoms with Gasteiger partial charge >= 0.3 is 0 Å². The van der Waals surface area contributed by atoms with Gasteiger partial charge in [-0.1, -0.05) is 133 Å². The maximum absolute atomic E-state index is 2.33. The van der Waals surface area contributed by atoms with Crippen LogP contribution < -0.4 is 0 Å². The molecule has 0 nitrogen and oxygen atoms in total. The number of hydrogen-bond acceptors (Lipinski definition) is 0. The first-order valence-electron chi connectivity index (χ1n) is 13.8. The van der Waals surface area contributed by atoms with Crippen molar-refractivity contribution < 1.29 is 0 Å². The van der Waals surface area contributed by atoms with E-state index in [0.717, 1.165) is 0 Å². The van der Waals surface area contributed by atoms with Crippen molar-refractivity contribution in [2.45, 2.75) is 0 Å². The molecule has 0 aliphatic heterocycles. The molecule has 0 amide bonds. The zero-order chi connectivity index (χ0) is 26.5. The molecule has 0 aliphatic rings. The Morgan fingerprint density at radius 3 is 1.48 bits per heavy atom. The minimum Gasteiger partial charge on any atom is -0.0616 e. The summed E-state index contributed by atoms with van der Waals surface area (Å²) in [6, 6.07) is 57.6. The molecule has 0 atom stereocenters. The van der Waals surface area contributed by atoms with Gasteiger partial charge in [-0.3, -0.25) is 0 Å². The Bertz CT molecular complexity index is 2220. The van der Waals surface area contributed by atoms with Crippen LogP contribution in [0.4, 0.5) is 0 Å². The van der Waals surface area contributed by atoms with Gasteiger partial charge in [0.05, 0.1) is 0 Å². The lowest BCUT2D eigenvalue weighted by atomic mass is 9.92. The van der Waals surface area contributed by atoms with Crippen LogP contribution in [0.2, 0.25) is 0 Å². The predicted octanol–water partition coefficient (Wildman–Crippen LogP) is 11.3. The second-order valence-electron chi connectivity index (χ2n) is 10.6. The number of benzene rings is 8. The summed E-state index contributed by atoms with van der Waals surface area (Å²) in [5.74, 6) is 0. The van der Waals surface area contributed by atoms with Crippen LogP contribution >= 0.6 is 0 Å².